The van der Waals surface area contributed by atoms with Crippen molar-refractivity contribution >= 4 is 5.96 Å². The van der Waals surface area contributed by atoms with Crippen LogP contribution < -0.4 is 10.6 Å². The summed E-state index contributed by atoms with van der Waals surface area (Å²) in [6, 6.07) is 6.98. The summed E-state index contributed by atoms with van der Waals surface area (Å²) in [5, 5.41) is 6.86. The van der Waals surface area contributed by atoms with Crippen LogP contribution in [0.15, 0.2) is 29.3 Å². The SMILES string of the molecule is CCOC1CC(NC(=NC)NCc2ccc(F)cc2)C12CCC2. The van der Waals surface area contributed by atoms with Crippen LogP contribution in [0.1, 0.15) is 38.2 Å². The van der Waals surface area contributed by atoms with Gasteiger partial charge in [-0.1, -0.05) is 18.6 Å². The first-order valence-corrected chi connectivity index (χ1v) is 8.51. The molecule has 0 amide bonds. The Hall–Kier alpha value is -1.62. The molecule has 2 aliphatic carbocycles. The maximum atomic E-state index is 12.9. The molecule has 23 heavy (non-hydrogen) atoms. The van der Waals surface area contributed by atoms with Crippen molar-refractivity contribution in [3.05, 3.63) is 35.6 Å². The second-order valence-electron chi connectivity index (χ2n) is 6.52. The van der Waals surface area contributed by atoms with Gasteiger partial charge in [0.15, 0.2) is 5.96 Å². The normalized spacial score (nSPS) is 25.6. The van der Waals surface area contributed by atoms with Crippen molar-refractivity contribution in [3.63, 3.8) is 0 Å². The largest absolute Gasteiger partial charge is 0.378 e. The Morgan fingerprint density at radius 1 is 1.35 bits per heavy atom. The minimum Gasteiger partial charge on any atom is -0.378 e. The Kier molecular flexibility index (Phi) is 4.85. The van der Waals surface area contributed by atoms with E-state index >= 15 is 0 Å². The summed E-state index contributed by atoms with van der Waals surface area (Å²) in [4.78, 5) is 4.32. The van der Waals surface area contributed by atoms with E-state index in [0.717, 1.165) is 24.6 Å². The van der Waals surface area contributed by atoms with Crippen LogP contribution in [-0.2, 0) is 11.3 Å². The van der Waals surface area contributed by atoms with Crippen molar-refractivity contribution in [1.29, 1.82) is 0 Å². The van der Waals surface area contributed by atoms with Crippen LogP contribution in [0.4, 0.5) is 4.39 Å². The molecule has 0 aromatic heterocycles. The van der Waals surface area contributed by atoms with Crippen molar-refractivity contribution in [1.82, 2.24) is 10.6 Å². The average Bonchev–Trinajstić information content (AvgIpc) is 2.49. The molecule has 1 spiro atoms. The minimum absolute atomic E-state index is 0.209. The van der Waals surface area contributed by atoms with E-state index in [0.29, 0.717) is 24.1 Å². The average molecular weight is 319 g/mol. The van der Waals surface area contributed by atoms with Crippen LogP contribution in [0.25, 0.3) is 0 Å². The molecule has 0 aliphatic heterocycles. The molecule has 0 radical (unpaired) electrons. The monoisotopic (exact) mass is 319 g/mol. The molecule has 3 rings (SSSR count). The van der Waals surface area contributed by atoms with Gasteiger partial charge in [-0.05, 0) is 43.9 Å². The van der Waals surface area contributed by atoms with Crippen LogP contribution in [0.5, 0.6) is 0 Å². The predicted molar refractivity (Wildman–Crippen MR) is 89.8 cm³/mol. The van der Waals surface area contributed by atoms with Crippen LogP contribution in [0.2, 0.25) is 0 Å². The highest BCUT2D eigenvalue weighted by Gasteiger charge is 2.59. The Balaban J connectivity index is 1.53. The van der Waals surface area contributed by atoms with Crippen LogP contribution >= 0.6 is 0 Å². The molecule has 126 valence electrons. The molecule has 4 nitrogen and oxygen atoms in total. The first kappa shape index (κ1) is 16.2. The lowest BCUT2D eigenvalue weighted by atomic mass is 9.51. The molecule has 1 aromatic rings. The lowest BCUT2D eigenvalue weighted by molar-refractivity contribution is -0.168. The summed E-state index contributed by atoms with van der Waals surface area (Å²) in [6.07, 6.45) is 5.22. The third-order valence-corrected chi connectivity index (χ3v) is 5.35. The Labute approximate surface area is 137 Å². The third kappa shape index (κ3) is 3.20. The van der Waals surface area contributed by atoms with E-state index in [9.17, 15) is 4.39 Å². The van der Waals surface area contributed by atoms with Crippen molar-refractivity contribution in [2.75, 3.05) is 13.7 Å². The van der Waals surface area contributed by atoms with Gasteiger partial charge in [0.2, 0.25) is 0 Å². The van der Waals surface area contributed by atoms with Crippen molar-refractivity contribution in [2.24, 2.45) is 10.4 Å². The Bertz CT molecular complexity index is 554. The Morgan fingerprint density at radius 3 is 2.65 bits per heavy atom. The fraction of sp³-hybridized carbons (Fsp3) is 0.611. The number of hydrogen-bond donors (Lipinski definition) is 2. The number of halogens is 1. The van der Waals surface area contributed by atoms with E-state index in [1.165, 1.54) is 31.4 Å². The first-order chi connectivity index (χ1) is 11.2. The van der Waals surface area contributed by atoms with Gasteiger partial charge in [-0.3, -0.25) is 4.99 Å². The fourth-order valence-electron chi connectivity index (χ4n) is 3.79. The first-order valence-electron chi connectivity index (χ1n) is 8.51. The molecule has 2 unspecified atom stereocenters. The molecular formula is C18H26FN3O. The molecule has 2 N–H and O–H groups in total. The number of hydrogen-bond acceptors (Lipinski definition) is 2. The number of rotatable bonds is 5. The van der Waals surface area contributed by atoms with Gasteiger partial charge < -0.3 is 15.4 Å². The maximum Gasteiger partial charge on any atom is 0.191 e. The quantitative estimate of drug-likeness (QED) is 0.648. The molecule has 2 aliphatic rings. The number of benzene rings is 1. The summed E-state index contributed by atoms with van der Waals surface area (Å²) < 4.78 is 18.8. The number of nitrogens with zero attached hydrogens (tertiary/aromatic N) is 1. The number of guanidine groups is 1. The molecule has 0 bridgehead atoms. The van der Waals surface area contributed by atoms with Crippen molar-refractivity contribution in [2.45, 2.75) is 51.3 Å². The zero-order chi connectivity index (χ0) is 16.3. The van der Waals surface area contributed by atoms with Gasteiger partial charge in [0.1, 0.15) is 5.82 Å². The molecule has 2 atom stereocenters. The molecule has 5 heteroatoms. The van der Waals surface area contributed by atoms with Crippen molar-refractivity contribution < 1.29 is 9.13 Å². The van der Waals surface area contributed by atoms with E-state index < -0.39 is 0 Å². The van der Waals surface area contributed by atoms with Gasteiger partial charge >= 0.3 is 0 Å². The Morgan fingerprint density at radius 2 is 2.09 bits per heavy atom. The van der Waals surface area contributed by atoms with Crippen molar-refractivity contribution in [3.8, 4) is 0 Å². The molecule has 0 heterocycles. The predicted octanol–water partition coefficient (Wildman–Crippen LogP) is 2.84. The second-order valence-corrected chi connectivity index (χ2v) is 6.52. The highest BCUT2D eigenvalue weighted by atomic mass is 19.1. The van der Waals surface area contributed by atoms with Gasteiger partial charge in [0, 0.05) is 31.7 Å². The summed E-state index contributed by atoms with van der Waals surface area (Å²) in [5.74, 6) is 0.597. The summed E-state index contributed by atoms with van der Waals surface area (Å²) >= 11 is 0. The number of nitrogens with one attached hydrogen (secondary N) is 2. The van der Waals surface area contributed by atoms with Crippen LogP contribution in [0, 0.1) is 11.2 Å². The fourth-order valence-corrected chi connectivity index (χ4v) is 3.79. The minimum atomic E-state index is -0.209. The smallest absolute Gasteiger partial charge is 0.191 e. The van der Waals surface area contributed by atoms with Gasteiger partial charge in [-0.25, -0.2) is 4.39 Å². The molecule has 1 aromatic carbocycles. The highest BCUT2D eigenvalue weighted by molar-refractivity contribution is 5.80. The van der Waals surface area contributed by atoms with E-state index in [-0.39, 0.29) is 5.82 Å². The van der Waals surface area contributed by atoms with Gasteiger partial charge in [0.05, 0.1) is 6.10 Å². The van der Waals surface area contributed by atoms with E-state index in [4.69, 9.17) is 4.74 Å². The highest BCUT2D eigenvalue weighted by Crippen LogP contribution is 2.57. The van der Waals surface area contributed by atoms with E-state index in [2.05, 4.69) is 22.5 Å². The standard InChI is InChI=1S/C18H26FN3O/c1-3-23-16-11-15(18(16)9-4-10-18)22-17(20-2)21-12-13-5-7-14(19)8-6-13/h5-8,15-16H,3-4,9-12H2,1-2H3,(H2,20,21,22). The summed E-state index contributed by atoms with van der Waals surface area (Å²) in [5.41, 5.74) is 1.34. The summed E-state index contributed by atoms with van der Waals surface area (Å²) in [7, 11) is 1.78. The van der Waals surface area contributed by atoms with Gasteiger partial charge in [0.25, 0.3) is 0 Å². The zero-order valence-electron chi connectivity index (χ0n) is 13.9. The van der Waals surface area contributed by atoms with Gasteiger partial charge in [-0.2, -0.15) is 0 Å². The summed E-state index contributed by atoms with van der Waals surface area (Å²) in [6.45, 7) is 3.49. The maximum absolute atomic E-state index is 12.9. The zero-order valence-corrected chi connectivity index (χ0v) is 13.9. The molecule has 2 fully saturated rings. The molecular weight excluding hydrogens is 293 g/mol. The topological polar surface area (TPSA) is 45.6 Å². The lowest BCUT2D eigenvalue weighted by Crippen LogP contribution is -2.68. The molecule has 0 saturated heterocycles. The van der Waals surface area contributed by atoms with Gasteiger partial charge in [-0.15, -0.1) is 0 Å². The van der Waals surface area contributed by atoms with Crippen LogP contribution in [0.3, 0.4) is 0 Å². The van der Waals surface area contributed by atoms with E-state index in [1.807, 2.05) is 0 Å². The number of ether oxygens (including phenoxy) is 1. The third-order valence-electron chi connectivity index (χ3n) is 5.35. The lowest BCUT2D eigenvalue weighted by Gasteiger charge is -2.61. The van der Waals surface area contributed by atoms with Crippen LogP contribution in [-0.4, -0.2) is 31.8 Å². The second kappa shape index (κ2) is 6.87. The molecule has 2 saturated carbocycles. The van der Waals surface area contributed by atoms with E-state index in [1.54, 1.807) is 19.2 Å². The number of aliphatic imine (C=N–C) groups is 1.